The summed E-state index contributed by atoms with van der Waals surface area (Å²) in [6.45, 7) is 7.16. The zero-order chi connectivity index (χ0) is 23.0. The Kier molecular flexibility index (Phi) is 8.38. The molecule has 1 heterocycles. The lowest BCUT2D eigenvalue weighted by Crippen LogP contribution is -2.52. The van der Waals surface area contributed by atoms with E-state index in [2.05, 4.69) is 10.6 Å². The van der Waals surface area contributed by atoms with E-state index in [1.165, 1.54) is 0 Å². The van der Waals surface area contributed by atoms with Gasteiger partial charge in [-0.05, 0) is 33.3 Å². The smallest absolute Gasteiger partial charge is 0.432 e. The van der Waals surface area contributed by atoms with E-state index < -0.39 is 41.7 Å². The van der Waals surface area contributed by atoms with Crippen molar-refractivity contribution in [1.82, 2.24) is 15.7 Å². The molecule has 1 aromatic carbocycles. The van der Waals surface area contributed by atoms with Crippen LogP contribution in [-0.2, 0) is 30.5 Å². The standard InChI is InChI=1S/C21H29N3O7/c1-14(29-13-15-8-6-5-7-9-15)16(23-20(28)30-21(2,3)4)12-22-19(27)31-24-17(25)10-11-18(24)26/h5-9,14,16H,10-13H2,1-4H3,(H,22,27)(H,23,28)/t14-,16-/m1/s1. The van der Waals surface area contributed by atoms with Crippen molar-refractivity contribution < 1.29 is 33.5 Å². The van der Waals surface area contributed by atoms with Crippen LogP contribution >= 0.6 is 0 Å². The van der Waals surface area contributed by atoms with Gasteiger partial charge in [0.15, 0.2) is 0 Å². The zero-order valence-electron chi connectivity index (χ0n) is 18.2. The highest BCUT2D eigenvalue weighted by molar-refractivity contribution is 6.01. The van der Waals surface area contributed by atoms with Gasteiger partial charge in [-0.15, -0.1) is 5.06 Å². The number of carbonyl (C=O) groups excluding carboxylic acids is 4. The maximum absolute atomic E-state index is 12.2. The van der Waals surface area contributed by atoms with Crippen molar-refractivity contribution in [2.24, 2.45) is 0 Å². The first-order valence-corrected chi connectivity index (χ1v) is 10.0. The van der Waals surface area contributed by atoms with Crippen LogP contribution < -0.4 is 10.6 Å². The minimum absolute atomic E-state index is 0.000697. The molecule has 1 fully saturated rings. The summed E-state index contributed by atoms with van der Waals surface area (Å²) < 4.78 is 11.1. The van der Waals surface area contributed by atoms with Gasteiger partial charge < -0.3 is 24.9 Å². The number of alkyl carbamates (subject to hydrolysis) is 1. The van der Waals surface area contributed by atoms with Gasteiger partial charge in [-0.2, -0.15) is 0 Å². The lowest BCUT2D eigenvalue weighted by atomic mass is 10.1. The minimum atomic E-state index is -0.991. The number of hydrogen-bond acceptors (Lipinski definition) is 7. The number of benzene rings is 1. The van der Waals surface area contributed by atoms with Crippen LogP contribution in [0.15, 0.2) is 30.3 Å². The van der Waals surface area contributed by atoms with Crippen molar-refractivity contribution in [1.29, 1.82) is 0 Å². The van der Waals surface area contributed by atoms with E-state index in [9.17, 15) is 19.2 Å². The third-order valence-electron chi connectivity index (χ3n) is 4.27. The van der Waals surface area contributed by atoms with Crippen LogP contribution in [0.3, 0.4) is 0 Å². The van der Waals surface area contributed by atoms with Crippen LogP contribution in [0.1, 0.15) is 46.1 Å². The monoisotopic (exact) mass is 435 g/mol. The second-order valence-corrected chi connectivity index (χ2v) is 8.10. The summed E-state index contributed by atoms with van der Waals surface area (Å²) in [5, 5.41) is 5.56. The maximum atomic E-state index is 12.2. The summed E-state index contributed by atoms with van der Waals surface area (Å²) in [6, 6.07) is 8.81. The molecule has 1 aliphatic rings. The molecule has 170 valence electrons. The van der Waals surface area contributed by atoms with Gasteiger partial charge in [0.2, 0.25) is 0 Å². The Hall–Kier alpha value is -3.14. The zero-order valence-corrected chi connectivity index (χ0v) is 18.2. The molecule has 2 N–H and O–H groups in total. The molecule has 0 bridgehead atoms. The molecule has 0 aliphatic carbocycles. The maximum Gasteiger partial charge on any atom is 0.432 e. The molecule has 2 atom stereocenters. The highest BCUT2D eigenvalue weighted by atomic mass is 16.7. The number of imide groups is 1. The van der Waals surface area contributed by atoms with Gasteiger partial charge in [0.25, 0.3) is 11.8 Å². The largest absolute Gasteiger partial charge is 0.444 e. The molecule has 10 nitrogen and oxygen atoms in total. The summed E-state index contributed by atoms with van der Waals surface area (Å²) in [5.74, 6) is -1.16. The van der Waals surface area contributed by atoms with Crippen LogP contribution in [0.5, 0.6) is 0 Å². The topological polar surface area (TPSA) is 123 Å². The first-order chi connectivity index (χ1) is 14.5. The number of amides is 4. The Morgan fingerprint density at radius 1 is 1.06 bits per heavy atom. The van der Waals surface area contributed by atoms with Crippen LogP contribution in [0, 0.1) is 0 Å². The number of carbonyl (C=O) groups is 4. The van der Waals surface area contributed by atoms with E-state index in [1.54, 1.807) is 27.7 Å². The van der Waals surface area contributed by atoms with E-state index in [4.69, 9.17) is 14.3 Å². The number of hydrogen-bond donors (Lipinski definition) is 2. The number of ether oxygens (including phenoxy) is 2. The van der Waals surface area contributed by atoms with Gasteiger partial charge >= 0.3 is 12.2 Å². The van der Waals surface area contributed by atoms with E-state index in [0.29, 0.717) is 11.7 Å². The quantitative estimate of drug-likeness (QED) is 0.601. The lowest BCUT2D eigenvalue weighted by Gasteiger charge is -2.27. The Morgan fingerprint density at radius 2 is 1.68 bits per heavy atom. The summed E-state index contributed by atoms with van der Waals surface area (Å²) in [4.78, 5) is 52.2. The summed E-state index contributed by atoms with van der Waals surface area (Å²) in [5.41, 5.74) is 0.245. The van der Waals surface area contributed by atoms with Crippen molar-refractivity contribution >= 4 is 24.0 Å². The summed E-state index contributed by atoms with van der Waals surface area (Å²) >= 11 is 0. The molecule has 0 aromatic heterocycles. The van der Waals surface area contributed by atoms with Gasteiger partial charge in [0.05, 0.1) is 18.8 Å². The fourth-order valence-corrected chi connectivity index (χ4v) is 2.68. The predicted molar refractivity (Wildman–Crippen MR) is 109 cm³/mol. The molecule has 10 heteroatoms. The molecule has 0 saturated carbocycles. The third kappa shape index (κ3) is 8.25. The SMILES string of the molecule is C[C@@H](OCc1ccccc1)[C@@H](CNC(=O)ON1C(=O)CCC1=O)NC(=O)OC(C)(C)C. The molecule has 31 heavy (non-hydrogen) atoms. The molecule has 4 amide bonds. The summed E-state index contributed by atoms with van der Waals surface area (Å²) in [7, 11) is 0. The van der Waals surface area contributed by atoms with Crippen LogP contribution in [0.25, 0.3) is 0 Å². The fourth-order valence-electron chi connectivity index (χ4n) is 2.68. The van der Waals surface area contributed by atoms with Gasteiger partial charge in [0, 0.05) is 19.4 Å². The fraction of sp³-hybridized carbons (Fsp3) is 0.524. The Morgan fingerprint density at radius 3 is 2.26 bits per heavy atom. The van der Waals surface area contributed by atoms with Crippen LogP contribution in [-0.4, -0.2) is 53.4 Å². The molecular weight excluding hydrogens is 406 g/mol. The third-order valence-corrected chi connectivity index (χ3v) is 4.27. The lowest BCUT2D eigenvalue weighted by molar-refractivity contribution is -0.171. The normalized spacial score (nSPS) is 15.9. The van der Waals surface area contributed by atoms with Crippen molar-refractivity contribution in [2.75, 3.05) is 6.54 Å². The molecular formula is C21H29N3O7. The Labute approximate surface area is 181 Å². The highest BCUT2D eigenvalue weighted by Crippen LogP contribution is 2.12. The van der Waals surface area contributed by atoms with Crippen molar-refractivity contribution in [3.05, 3.63) is 35.9 Å². The van der Waals surface area contributed by atoms with Crippen molar-refractivity contribution in [3.8, 4) is 0 Å². The van der Waals surface area contributed by atoms with Crippen LogP contribution in [0.2, 0.25) is 0 Å². The average Bonchev–Trinajstić information content (AvgIpc) is 3.00. The van der Waals surface area contributed by atoms with E-state index in [0.717, 1.165) is 5.56 Å². The number of rotatable bonds is 8. The summed E-state index contributed by atoms with van der Waals surface area (Å²) in [6.07, 6.45) is -2.18. The van der Waals surface area contributed by atoms with Crippen molar-refractivity contribution in [3.63, 3.8) is 0 Å². The molecule has 2 rings (SSSR count). The van der Waals surface area contributed by atoms with Crippen LogP contribution in [0.4, 0.5) is 9.59 Å². The van der Waals surface area contributed by atoms with Gasteiger partial charge in [-0.25, -0.2) is 9.59 Å². The average molecular weight is 435 g/mol. The molecule has 1 aliphatic heterocycles. The number of nitrogens with one attached hydrogen (secondary N) is 2. The molecule has 0 spiro atoms. The molecule has 0 radical (unpaired) electrons. The minimum Gasteiger partial charge on any atom is -0.444 e. The first kappa shape index (κ1) is 24.1. The molecule has 1 aromatic rings. The second kappa shape index (κ2) is 10.8. The van der Waals surface area contributed by atoms with Gasteiger partial charge in [-0.1, -0.05) is 30.3 Å². The van der Waals surface area contributed by atoms with E-state index in [-0.39, 0.29) is 19.4 Å². The van der Waals surface area contributed by atoms with Crippen molar-refractivity contribution in [2.45, 2.75) is 64.9 Å². The van der Waals surface area contributed by atoms with E-state index in [1.807, 2.05) is 30.3 Å². The second-order valence-electron chi connectivity index (χ2n) is 8.10. The molecule has 0 unspecified atom stereocenters. The number of nitrogens with zero attached hydrogens (tertiary/aromatic N) is 1. The highest BCUT2D eigenvalue weighted by Gasteiger charge is 2.33. The number of hydroxylamine groups is 2. The Balaban J connectivity index is 1.95. The predicted octanol–water partition coefficient (Wildman–Crippen LogP) is 2.28. The van der Waals surface area contributed by atoms with Gasteiger partial charge in [-0.3, -0.25) is 9.59 Å². The Bertz CT molecular complexity index is 776. The first-order valence-electron chi connectivity index (χ1n) is 10.0. The molecule has 1 saturated heterocycles. The van der Waals surface area contributed by atoms with Gasteiger partial charge in [0.1, 0.15) is 5.60 Å². The van der Waals surface area contributed by atoms with E-state index >= 15 is 0 Å².